The molecule has 0 aliphatic carbocycles. The number of benzene rings is 2. The molecular weight excluding hydrogens is 560 g/mol. The smallest absolute Gasteiger partial charge is 0.256 e. The van der Waals surface area contributed by atoms with Crippen molar-refractivity contribution in [2.45, 2.75) is 34.0 Å². The average Bonchev–Trinajstić information content (AvgIpc) is 3.61. The van der Waals surface area contributed by atoms with Gasteiger partial charge in [0, 0.05) is 43.2 Å². The quantitative estimate of drug-likeness (QED) is 0.330. The lowest BCUT2D eigenvalue weighted by atomic mass is 10.1. The number of aromatic nitrogens is 5. The molecule has 2 aliphatic heterocycles. The summed E-state index contributed by atoms with van der Waals surface area (Å²) < 4.78 is 30.9. The summed E-state index contributed by atoms with van der Waals surface area (Å²) in [5, 5.41) is 19.2. The van der Waals surface area contributed by atoms with Crippen LogP contribution < -0.4 is 9.88 Å². The number of carbonyl (C=O) groups excluding carboxylic acids is 1. The van der Waals surface area contributed by atoms with Gasteiger partial charge >= 0.3 is 0 Å². The summed E-state index contributed by atoms with van der Waals surface area (Å²) in [5.74, 6) is 0.445. The number of nitrogens with one attached hydrogen (secondary N) is 2. The molecule has 0 saturated carbocycles. The summed E-state index contributed by atoms with van der Waals surface area (Å²) in [4.78, 5) is 16.7. The number of pyridine rings is 1. The molecule has 2 atom stereocenters. The van der Waals surface area contributed by atoms with Gasteiger partial charge in [0.1, 0.15) is 7.05 Å². The Morgan fingerprint density at radius 2 is 2.00 bits per heavy atom. The van der Waals surface area contributed by atoms with Gasteiger partial charge in [-0.25, -0.2) is 13.0 Å². The van der Waals surface area contributed by atoms with Gasteiger partial charge < -0.3 is 10.2 Å². The molecule has 1 amide bonds. The van der Waals surface area contributed by atoms with Crippen LogP contribution in [-0.2, 0) is 28.3 Å². The van der Waals surface area contributed by atoms with E-state index in [1.165, 1.54) is 16.1 Å². The second-order valence-corrected chi connectivity index (χ2v) is 13.1. The van der Waals surface area contributed by atoms with E-state index in [0.29, 0.717) is 23.7 Å². The van der Waals surface area contributed by atoms with Crippen LogP contribution >= 0.6 is 23.4 Å². The fourth-order valence-electron chi connectivity index (χ4n) is 5.02. The largest absolute Gasteiger partial charge is 0.364 e. The van der Waals surface area contributed by atoms with Crippen LogP contribution in [0.4, 0.5) is 5.69 Å². The zero-order valence-electron chi connectivity index (χ0n) is 21.0. The molecule has 0 spiro atoms. The number of halogens is 1. The van der Waals surface area contributed by atoms with Crippen LogP contribution in [0.5, 0.6) is 0 Å². The molecular formula is C25H26ClN8O3S2+. The van der Waals surface area contributed by atoms with Crippen LogP contribution in [0.15, 0.2) is 64.6 Å². The number of piperazine rings is 1. The number of hydrogen-bond acceptors (Lipinski definition) is 8. The summed E-state index contributed by atoms with van der Waals surface area (Å²) in [7, 11) is -1.86. The third kappa shape index (κ3) is 5.19. The molecule has 2 aliphatic rings. The number of H-pyrrole nitrogens is 1. The third-order valence-electron chi connectivity index (χ3n) is 7.05. The summed E-state index contributed by atoms with van der Waals surface area (Å²) >= 11 is 7.56. The Morgan fingerprint density at radius 3 is 2.82 bits per heavy atom. The van der Waals surface area contributed by atoms with Gasteiger partial charge in [-0.05, 0) is 41.5 Å². The molecule has 39 heavy (non-hydrogen) atoms. The molecule has 11 nitrogen and oxygen atoms in total. The molecule has 2 aromatic heterocycles. The van der Waals surface area contributed by atoms with E-state index < -0.39 is 15.4 Å². The van der Waals surface area contributed by atoms with Gasteiger partial charge in [0.25, 0.3) is 5.91 Å². The van der Waals surface area contributed by atoms with E-state index in [1.54, 1.807) is 35.2 Å². The Labute approximate surface area is 234 Å². The molecule has 14 heteroatoms. The molecule has 4 heterocycles. The predicted octanol–water partition coefficient (Wildman–Crippen LogP) is 2.21. The van der Waals surface area contributed by atoms with Gasteiger partial charge in [-0.15, -0.1) is 10.2 Å². The van der Waals surface area contributed by atoms with Crippen molar-refractivity contribution in [2.24, 2.45) is 7.05 Å². The van der Waals surface area contributed by atoms with Crippen molar-refractivity contribution >= 4 is 55.8 Å². The van der Waals surface area contributed by atoms with Crippen molar-refractivity contribution in [2.75, 3.05) is 25.0 Å². The molecule has 1 saturated heterocycles. The maximum atomic E-state index is 13.7. The van der Waals surface area contributed by atoms with E-state index in [0.717, 1.165) is 21.4 Å². The van der Waals surface area contributed by atoms with Crippen LogP contribution in [0.2, 0.25) is 5.02 Å². The van der Waals surface area contributed by atoms with E-state index >= 15 is 0 Å². The number of hydrogen-bond donors (Lipinski definition) is 2. The predicted molar refractivity (Wildman–Crippen MR) is 147 cm³/mol. The number of rotatable bonds is 6. The minimum atomic E-state index is -3.80. The van der Waals surface area contributed by atoms with Crippen molar-refractivity contribution < 1.29 is 17.8 Å². The second kappa shape index (κ2) is 10.4. The number of thioether (sulfide) groups is 1. The topological polar surface area (TPSA) is 128 Å². The van der Waals surface area contributed by atoms with Crippen LogP contribution in [0, 0.1) is 0 Å². The highest BCUT2D eigenvalue weighted by Crippen LogP contribution is 2.38. The normalized spacial score (nSPS) is 19.7. The summed E-state index contributed by atoms with van der Waals surface area (Å²) in [6.07, 6.45) is 4.86. The van der Waals surface area contributed by atoms with Crippen LogP contribution in [-0.4, -0.2) is 75.2 Å². The first-order valence-electron chi connectivity index (χ1n) is 12.4. The Morgan fingerprint density at radius 1 is 1.18 bits per heavy atom. The number of carbonyl (C=O) groups is 1. The van der Waals surface area contributed by atoms with Gasteiger partial charge in [-0.3, -0.25) is 4.79 Å². The first kappa shape index (κ1) is 26.0. The number of aromatic amines is 1. The van der Waals surface area contributed by atoms with Crippen molar-refractivity contribution in [1.82, 2.24) is 29.8 Å². The molecule has 0 radical (unpaired) electrons. The SMILES string of the molecule is C[n+]1ccc2c(c1)SC(C(=O)N1CCN(S(=O)(=O)c3ccc4cc(Cl)ccc4c3)CC1CCc1nn[nH]n1)N2. The Bertz CT molecular complexity index is 1650. The molecule has 2 aromatic carbocycles. The van der Waals surface area contributed by atoms with Crippen molar-refractivity contribution in [3.8, 4) is 0 Å². The standard InChI is InChI=1S/C25H25ClN8O3S2/c1-32-9-8-21-22(15-32)38-24(27-21)25(35)34-11-10-33(14-19(34)5-7-23-28-30-31-29-23)39(36,37)20-6-3-16-12-18(26)4-2-17(16)13-20/h2-4,6,8-9,12-13,15,19,24H,5,7,10-11,14H2,1H3,(H,28,29,30,31)/p+1. The molecule has 2 unspecified atom stereocenters. The van der Waals surface area contributed by atoms with Crippen molar-refractivity contribution in [3.05, 3.63) is 65.7 Å². The minimum Gasteiger partial charge on any atom is -0.364 e. The number of fused-ring (bicyclic) bond motifs is 2. The first-order chi connectivity index (χ1) is 18.8. The maximum absolute atomic E-state index is 13.7. The Kier molecular flexibility index (Phi) is 6.91. The van der Waals surface area contributed by atoms with Crippen molar-refractivity contribution in [1.29, 1.82) is 0 Å². The van der Waals surface area contributed by atoms with Crippen LogP contribution in [0.3, 0.4) is 0 Å². The van der Waals surface area contributed by atoms with Crippen molar-refractivity contribution in [3.63, 3.8) is 0 Å². The van der Waals surface area contributed by atoms with E-state index in [-0.39, 0.29) is 36.5 Å². The zero-order chi connectivity index (χ0) is 27.1. The highest BCUT2D eigenvalue weighted by Gasteiger charge is 2.40. The number of amides is 1. The van der Waals surface area contributed by atoms with Gasteiger partial charge in [-0.1, -0.05) is 40.7 Å². The number of nitrogens with zero attached hydrogens (tertiary/aromatic N) is 6. The van der Waals surface area contributed by atoms with E-state index in [4.69, 9.17) is 11.6 Å². The molecule has 1 fully saturated rings. The number of aryl methyl sites for hydroxylation is 2. The molecule has 202 valence electrons. The number of anilines is 1. The maximum Gasteiger partial charge on any atom is 0.256 e. The summed E-state index contributed by atoms with van der Waals surface area (Å²) in [5.41, 5.74) is 0.915. The van der Waals surface area contributed by atoms with Gasteiger partial charge in [-0.2, -0.15) is 9.52 Å². The van der Waals surface area contributed by atoms with E-state index in [2.05, 4.69) is 25.9 Å². The highest BCUT2D eigenvalue weighted by molar-refractivity contribution is 8.01. The van der Waals surface area contributed by atoms with Crippen LogP contribution in [0.25, 0.3) is 10.8 Å². The Balaban J connectivity index is 1.24. The molecule has 2 N–H and O–H groups in total. The minimum absolute atomic E-state index is 0.0726. The lowest BCUT2D eigenvalue weighted by molar-refractivity contribution is -0.673. The number of tetrazole rings is 1. The second-order valence-electron chi connectivity index (χ2n) is 9.60. The molecule has 0 bridgehead atoms. The Hall–Kier alpha value is -3.26. The van der Waals surface area contributed by atoms with Gasteiger partial charge in [0.15, 0.2) is 23.6 Å². The monoisotopic (exact) mass is 585 g/mol. The van der Waals surface area contributed by atoms with Gasteiger partial charge in [0.2, 0.25) is 10.0 Å². The third-order valence-corrected chi connectivity index (χ3v) is 10.3. The lowest BCUT2D eigenvalue weighted by Gasteiger charge is -2.41. The lowest BCUT2D eigenvalue weighted by Crippen LogP contribution is -2.58. The molecule has 4 aromatic rings. The zero-order valence-corrected chi connectivity index (χ0v) is 23.4. The first-order valence-corrected chi connectivity index (χ1v) is 15.1. The fourth-order valence-corrected chi connectivity index (χ4v) is 7.86. The highest BCUT2D eigenvalue weighted by atomic mass is 35.5. The van der Waals surface area contributed by atoms with E-state index in [1.807, 2.05) is 36.1 Å². The summed E-state index contributed by atoms with van der Waals surface area (Å²) in [6.45, 7) is 0.648. The number of sulfonamides is 1. The van der Waals surface area contributed by atoms with Crippen LogP contribution in [0.1, 0.15) is 12.2 Å². The summed E-state index contributed by atoms with van der Waals surface area (Å²) in [6, 6.07) is 12.0. The van der Waals surface area contributed by atoms with Gasteiger partial charge in [0.05, 0.1) is 15.5 Å². The van der Waals surface area contributed by atoms with E-state index in [9.17, 15) is 13.2 Å². The fraction of sp³-hybridized carbons (Fsp3) is 0.320. The molecule has 6 rings (SSSR count). The average molecular weight is 586 g/mol.